The van der Waals surface area contributed by atoms with E-state index in [9.17, 15) is 22.8 Å². The van der Waals surface area contributed by atoms with Gasteiger partial charge in [0.2, 0.25) is 0 Å². The standard InChI is InChI=1S/C28H28F3NO4/c1-17(2)14-24(26-22(29)11-12-23(30)27(26)31)32-28(35)21-15-18(8-9-19(21)10-13-25(33)34)16-36-20-6-4-3-5-7-20/h3-9,11-12,15,17,24H,10,13-14,16H2,1-2H3,(H,32,35)(H,33,34). The zero-order valence-corrected chi connectivity index (χ0v) is 20.1. The topological polar surface area (TPSA) is 75.6 Å². The molecule has 1 atom stereocenters. The van der Waals surface area contributed by atoms with Crippen LogP contribution in [0.15, 0.2) is 60.7 Å². The molecule has 0 spiro atoms. The van der Waals surface area contributed by atoms with Crippen LogP contribution >= 0.6 is 0 Å². The molecule has 3 aromatic carbocycles. The molecule has 0 saturated heterocycles. The minimum atomic E-state index is -1.35. The fraction of sp³-hybridized carbons (Fsp3) is 0.286. The van der Waals surface area contributed by atoms with E-state index in [2.05, 4.69) is 5.32 Å². The van der Waals surface area contributed by atoms with Crippen LogP contribution in [0.3, 0.4) is 0 Å². The first-order valence-corrected chi connectivity index (χ1v) is 11.6. The molecule has 5 nitrogen and oxygen atoms in total. The van der Waals surface area contributed by atoms with E-state index in [0.29, 0.717) is 22.9 Å². The monoisotopic (exact) mass is 499 g/mol. The van der Waals surface area contributed by atoms with Crippen molar-refractivity contribution < 1.29 is 32.6 Å². The lowest BCUT2D eigenvalue weighted by molar-refractivity contribution is -0.136. The number of hydrogen-bond donors (Lipinski definition) is 2. The summed E-state index contributed by atoms with van der Waals surface area (Å²) in [4.78, 5) is 24.5. The van der Waals surface area contributed by atoms with Crippen molar-refractivity contribution in [2.75, 3.05) is 0 Å². The molecule has 0 fully saturated rings. The number of carbonyl (C=O) groups excluding carboxylic acids is 1. The van der Waals surface area contributed by atoms with E-state index >= 15 is 0 Å². The van der Waals surface area contributed by atoms with E-state index in [1.54, 1.807) is 30.3 Å². The van der Waals surface area contributed by atoms with Crippen LogP contribution < -0.4 is 10.1 Å². The van der Waals surface area contributed by atoms with Crippen LogP contribution in [0.25, 0.3) is 0 Å². The van der Waals surface area contributed by atoms with E-state index in [1.807, 2.05) is 32.0 Å². The highest BCUT2D eigenvalue weighted by molar-refractivity contribution is 5.96. The Labute approximate surface area is 207 Å². The first-order valence-electron chi connectivity index (χ1n) is 11.6. The molecule has 1 amide bonds. The van der Waals surface area contributed by atoms with Crippen LogP contribution in [0.5, 0.6) is 5.75 Å². The molecule has 2 N–H and O–H groups in total. The Hall–Kier alpha value is -3.81. The first kappa shape index (κ1) is 26.8. The number of benzene rings is 3. The van der Waals surface area contributed by atoms with Gasteiger partial charge < -0.3 is 15.2 Å². The van der Waals surface area contributed by atoms with Gasteiger partial charge in [0.15, 0.2) is 11.6 Å². The van der Waals surface area contributed by atoms with Gasteiger partial charge in [-0.1, -0.05) is 44.2 Å². The molecule has 0 aromatic heterocycles. The van der Waals surface area contributed by atoms with Crippen LogP contribution in [0, 0.1) is 23.4 Å². The summed E-state index contributed by atoms with van der Waals surface area (Å²) in [7, 11) is 0. The van der Waals surface area contributed by atoms with Gasteiger partial charge >= 0.3 is 5.97 Å². The molecule has 36 heavy (non-hydrogen) atoms. The predicted molar refractivity (Wildman–Crippen MR) is 129 cm³/mol. The Morgan fingerprint density at radius 2 is 1.67 bits per heavy atom. The number of amides is 1. The Kier molecular flexibility index (Phi) is 9.11. The van der Waals surface area contributed by atoms with Crippen molar-refractivity contribution in [2.45, 2.75) is 45.8 Å². The summed E-state index contributed by atoms with van der Waals surface area (Å²) in [5.74, 6) is -4.64. The molecule has 0 bridgehead atoms. The number of hydrogen-bond acceptors (Lipinski definition) is 3. The average molecular weight is 500 g/mol. The molecule has 3 rings (SSSR count). The number of nitrogens with one attached hydrogen (secondary N) is 1. The first-order chi connectivity index (χ1) is 17.2. The molecular formula is C28H28F3NO4. The molecule has 0 heterocycles. The average Bonchev–Trinajstić information content (AvgIpc) is 2.84. The van der Waals surface area contributed by atoms with Gasteiger partial charge in [0.1, 0.15) is 18.2 Å². The molecule has 190 valence electrons. The molecule has 0 aliphatic heterocycles. The van der Waals surface area contributed by atoms with Crippen LogP contribution in [-0.2, 0) is 17.8 Å². The summed E-state index contributed by atoms with van der Waals surface area (Å²) in [6.45, 7) is 3.77. The summed E-state index contributed by atoms with van der Waals surface area (Å²) in [5, 5.41) is 11.8. The number of para-hydroxylation sites is 1. The van der Waals surface area contributed by atoms with Crippen molar-refractivity contribution >= 4 is 11.9 Å². The van der Waals surface area contributed by atoms with E-state index in [4.69, 9.17) is 9.84 Å². The van der Waals surface area contributed by atoms with Gasteiger partial charge in [-0.15, -0.1) is 0 Å². The molecule has 0 saturated carbocycles. The van der Waals surface area contributed by atoms with Gasteiger partial charge in [-0.05, 0) is 60.2 Å². The van der Waals surface area contributed by atoms with Crippen molar-refractivity contribution in [1.29, 1.82) is 0 Å². The number of carboxylic acids is 1. The predicted octanol–water partition coefficient (Wildman–Crippen LogP) is 6.22. The summed E-state index contributed by atoms with van der Waals surface area (Å²) in [6, 6.07) is 14.4. The van der Waals surface area contributed by atoms with E-state index in [0.717, 1.165) is 6.07 Å². The molecule has 8 heteroatoms. The van der Waals surface area contributed by atoms with Gasteiger partial charge in [0, 0.05) is 17.5 Å². The minimum Gasteiger partial charge on any atom is -0.489 e. The van der Waals surface area contributed by atoms with Crippen molar-refractivity contribution in [2.24, 2.45) is 5.92 Å². The van der Waals surface area contributed by atoms with Crippen LogP contribution in [0.1, 0.15) is 59.8 Å². The summed E-state index contributed by atoms with van der Waals surface area (Å²) in [6.07, 6.45) is 0.0302. The third-order valence-corrected chi connectivity index (χ3v) is 5.62. The highest BCUT2D eigenvalue weighted by atomic mass is 19.2. The maximum Gasteiger partial charge on any atom is 0.303 e. The number of carbonyl (C=O) groups is 2. The molecular weight excluding hydrogens is 471 g/mol. The Morgan fingerprint density at radius 3 is 2.33 bits per heavy atom. The number of halogens is 3. The normalized spacial score (nSPS) is 11.8. The molecule has 0 aliphatic carbocycles. The maximum atomic E-state index is 14.6. The van der Waals surface area contributed by atoms with Gasteiger partial charge in [-0.25, -0.2) is 13.2 Å². The lowest BCUT2D eigenvalue weighted by atomic mass is 9.94. The van der Waals surface area contributed by atoms with Crippen LogP contribution in [0.4, 0.5) is 13.2 Å². The highest BCUT2D eigenvalue weighted by Gasteiger charge is 2.26. The number of carboxylic acid groups (broad SMARTS) is 1. The number of rotatable bonds is 11. The lowest BCUT2D eigenvalue weighted by Gasteiger charge is -2.23. The maximum absolute atomic E-state index is 14.6. The van der Waals surface area contributed by atoms with Crippen molar-refractivity contribution in [1.82, 2.24) is 5.32 Å². The Bertz CT molecular complexity index is 1210. The number of aryl methyl sites for hydroxylation is 1. The molecule has 0 aliphatic rings. The largest absolute Gasteiger partial charge is 0.489 e. The summed E-state index contributed by atoms with van der Waals surface area (Å²) >= 11 is 0. The quantitative estimate of drug-likeness (QED) is 0.307. The van der Waals surface area contributed by atoms with Gasteiger partial charge in [0.25, 0.3) is 5.91 Å². The van der Waals surface area contributed by atoms with Gasteiger partial charge in [-0.2, -0.15) is 0 Å². The molecule has 0 radical (unpaired) electrons. The van der Waals surface area contributed by atoms with Crippen molar-refractivity contribution in [3.05, 3.63) is 100 Å². The van der Waals surface area contributed by atoms with E-state index in [-0.39, 0.29) is 37.4 Å². The van der Waals surface area contributed by atoms with Crippen LogP contribution in [-0.4, -0.2) is 17.0 Å². The number of aliphatic carboxylic acids is 1. The second-order valence-corrected chi connectivity index (χ2v) is 8.90. The van der Waals surface area contributed by atoms with Crippen molar-refractivity contribution in [3.8, 4) is 5.75 Å². The fourth-order valence-electron chi connectivity index (χ4n) is 3.89. The van der Waals surface area contributed by atoms with E-state index < -0.39 is 40.9 Å². The molecule has 1 unspecified atom stereocenters. The summed E-state index contributed by atoms with van der Waals surface area (Å²) < 4.78 is 48.8. The molecule has 3 aromatic rings. The second-order valence-electron chi connectivity index (χ2n) is 8.90. The van der Waals surface area contributed by atoms with Crippen molar-refractivity contribution in [3.63, 3.8) is 0 Å². The summed E-state index contributed by atoms with van der Waals surface area (Å²) in [5.41, 5.74) is 0.720. The highest BCUT2D eigenvalue weighted by Crippen LogP contribution is 2.29. The van der Waals surface area contributed by atoms with E-state index in [1.165, 1.54) is 0 Å². The third kappa shape index (κ3) is 7.10. The fourth-order valence-corrected chi connectivity index (χ4v) is 3.89. The smallest absolute Gasteiger partial charge is 0.303 e. The van der Waals surface area contributed by atoms with Gasteiger partial charge in [0.05, 0.1) is 6.04 Å². The Balaban J connectivity index is 1.92. The second kappa shape index (κ2) is 12.2. The zero-order valence-electron chi connectivity index (χ0n) is 20.1. The van der Waals surface area contributed by atoms with Crippen LogP contribution in [0.2, 0.25) is 0 Å². The zero-order chi connectivity index (χ0) is 26.2. The lowest BCUT2D eigenvalue weighted by Crippen LogP contribution is -2.32. The minimum absolute atomic E-state index is 0.0746. The SMILES string of the molecule is CC(C)CC(NC(=O)c1cc(COc2ccccc2)ccc1CCC(=O)O)c1c(F)ccc(F)c1F. The third-order valence-electron chi connectivity index (χ3n) is 5.62. The Morgan fingerprint density at radius 1 is 0.972 bits per heavy atom. The van der Waals surface area contributed by atoms with Gasteiger partial charge in [-0.3, -0.25) is 9.59 Å². The number of ether oxygens (including phenoxy) is 1.